The van der Waals surface area contributed by atoms with E-state index in [9.17, 15) is 5.11 Å². The number of aromatic nitrogens is 2. The van der Waals surface area contributed by atoms with E-state index in [1.807, 2.05) is 21.5 Å². The highest BCUT2D eigenvalue weighted by Gasteiger charge is 2.25. The summed E-state index contributed by atoms with van der Waals surface area (Å²) in [7, 11) is 4.12. The Morgan fingerprint density at radius 1 is 1.08 bits per heavy atom. The smallest absolute Gasteiger partial charge is 0.243 e. The van der Waals surface area contributed by atoms with Crippen LogP contribution in [0.25, 0.3) is 5.69 Å². The van der Waals surface area contributed by atoms with Crippen molar-refractivity contribution in [3.8, 4) is 11.4 Å². The van der Waals surface area contributed by atoms with E-state index in [1.54, 1.807) is 0 Å². The molecule has 0 radical (unpaired) electrons. The van der Waals surface area contributed by atoms with E-state index in [0.717, 1.165) is 24.3 Å². The fourth-order valence-electron chi connectivity index (χ4n) is 2.73. The SMILES string of the molecule is CN(C)CC[n+]1[c-]n(-c2cc(C(C)(C)C)cc(C(C)(C)C)c2O)cc1. The quantitative estimate of drug-likeness (QED) is 0.681. The predicted octanol–water partition coefficient (Wildman–Crippen LogP) is 3.43. The minimum absolute atomic E-state index is 0.0104. The van der Waals surface area contributed by atoms with Gasteiger partial charge in [0, 0.05) is 18.9 Å². The molecule has 0 saturated heterocycles. The van der Waals surface area contributed by atoms with Gasteiger partial charge < -0.3 is 19.1 Å². The van der Waals surface area contributed by atoms with Gasteiger partial charge >= 0.3 is 0 Å². The van der Waals surface area contributed by atoms with Crippen molar-refractivity contribution in [2.24, 2.45) is 0 Å². The highest BCUT2D eigenvalue weighted by atomic mass is 16.3. The van der Waals surface area contributed by atoms with Crippen LogP contribution < -0.4 is 4.57 Å². The Hall–Kier alpha value is -1.81. The normalized spacial score (nSPS) is 12.8. The van der Waals surface area contributed by atoms with Crippen LogP contribution >= 0.6 is 0 Å². The Kier molecular flexibility index (Phi) is 5.33. The second-order valence-electron chi connectivity index (χ2n) is 9.16. The maximum atomic E-state index is 10.9. The summed E-state index contributed by atoms with van der Waals surface area (Å²) in [5.74, 6) is 0.340. The van der Waals surface area contributed by atoms with Crippen molar-refractivity contribution in [2.75, 3.05) is 20.6 Å². The second-order valence-corrected chi connectivity index (χ2v) is 9.16. The van der Waals surface area contributed by atoms with Crippen LogP contribution in [-0.2, 0) is 17.4 Å². The third-order valence-electron chi connectivity index (χ3n) is 4.44. The molecule has 0 aliphatic rings. The van der Waals surface area contributed by atoms with Crippen LogP contribution in [0.3, 0.4) is 0 Å². The summed E-state index contributed by atoms with van der Waals surface area (Å²) in [6.45, 7) is 14.8. The van der Waals surface area contributed by atoms with Gasteiger partial charge in [-0.25, -0.2) is 0 Å². The molecule has 138 valence electrons. The number of likely N-dealkylation sites (N-methyl/N-ethyl adjacent to an activating group) is 1. The summed E-state index contributed by atoms with van der Waals surface area (Å²) in [5, 5.41) is 10.9. The number of aromatic hydroxyl groups is 1. The molecule has 4 heteroatoms. The summed E-state index contributed by atoms with van der Waals surface area (Å²) in [6, 6.07) is 4.22. The number of imidazole rings is 1. The van der Waals surface area contributed by atoms with Crippen LogP contribution in [0.1, 0.15) is 52.7 Å². The van der Waals surface area contributed by atoms with Gasteiger partial charge in [0.2, 0.25) is 6.33 Å². The molecule has 1 N–H and O–H groups in total. The number of nitrogens with zero attached hydrogens (tertiary/aromatic N) is 3. The van der Waals surface area contributed by atoms with Crippen molar-refractivity contribution >= 4 is 0 Å². The van der Waals surface area contributed by atoms with E-state index < -0.39 is 0 Å². The molecule has 4 nitrogen and oxygen atoms in total. The van der Waals surface area contributed by atoms with Crippen molar-refractivity contribution in [2.45, 2.75) is 58.9 Å². The summed E-state index contributed by atoms with van der Waals surface area (Å²) in [5.41, 5.74) is 2.86. The lowest BCUT2D eigenvalue weighted by Gasteiger charge is -2.28. The molecule has 0 saturated carbocycles. The van der Waals surface area contributed by atoms with Gasteiger partial charge in [0.15, 0.2) is 0 Å². The van der Waals surface area contributed by atoms with Crippen LogP contribution in [0.5, 0.6) is 5.75 Å². The van der Waals surface area contributed by atoms with Crippen LogP contribution in [0.4, 0.5) is 0 Å². The Bertz CT molecular complexity index is 731. The molecule has 0 spiro atoms. The molecule has 2 aromatic rings. The van der Waals surface area contributed by atoms with Gasteiger partial charge in [-0.3, -0.25) is 0 Å². The fourth-order valence-corrected chi connectivity index (χ4v) is 2.73. The van der Waals surface area contributed by atoms with Gasteiger partial charge in [0.05, 0.1) is 12.2 Å². The van der Waals surface area contributed by atoms with Gasteiger partial charge in [0.1, 0.15) is 5.75 Å². The zero-order valence-corrected chi connectivity index (χ0v) is 17.0. The molecule has 25 heavy (non-hydrogen) atoms. The molecular weight excluding hydrogens is 310 g/mol. The maximum Gasteiger partial charge on any atom is 0.243 e. The number of hydrogen-bond donors (Lipinski definition) is 1. The highest BCUT2D eigenvalue weighted by molar-refractivity contribution is 5.56. The van der Waals surface area contributed by atoms with Crippen LogP contribution in [0.15, 0.2) is 24.5 Å². The fraction of sp³-hybridized carbons (Fsp3) is 0.571. The van der Waals surface area contributed by atoms with Gasteiger partial charge in [-0.05, 0) is 36.1 Å². The maximum absolute atomic E-state index is 10.9. The molecule has 0 aliphatic heterocycles. The Labute approximate surface area is 152 Å². The molecule has 0 atom stereocenters. The van der Waals surface area contributed by atoms with E-state index in [2.05, 4.69) is 79.0 Å². The second kappa shape index (κ2) is 6.83. The van der Waals surface area contributed by atoms with Crippen molar-refractivity contribution in [1.82, 2.24) is 9.47 Å². The third kappa shape index (κ3) is 4.63. The van der Waals surface area contributed by atoms with Crippen molar-refractivity contribution < 1.29 is 9.67 Å². The molecule has 0 bridgehead atoms. The van der Waals surface area contributed by atoms with E-state index in [1.165, 1.54) is 5.56 Å². The molecule has 1 aromatic carbocycles. The highest BCUT2D eigenvalue weighted by Crippen LogP contribution is 2.39. The summed E-state index contributed by atoms with van der Waals surface area (Å²) in [6.07, 6.45) is 7.29. The summed E-state index contributed by atoms with van der Waals surface area (Å²) >= 11 is 0. The lowest BCUT2D eigenvalue weighted by Crippen LogP contribution is -2.37. The molecule has 2 rings (SSSR count). The number of rotatable bonds is 4. The van der Waals surface area contributed by atoms with E-state index in [0.29, 0.717) is 5.75 Å². The van der Waals surface area contributed by atoms with Gasteiger partial charge in [0.25, 0.3) is 0 Å². The first kappa shape index (κ1) is 19.5. The van der Waals surface area contributed by atoms with E-state index in [-0.39, 0.29) is 10.8 Å². The summed E-state index contributed by atoms with van der Waals surface area (Å²) in [4.78, 5) is 2.15. The Balaban J connectivity index is 2.53. The number of hydrogen-bond acceptors (Lipinski definition) is 2. The molecule has 1 heterocycles. The first-order chi connectivity index (χ1) is 11.4. The van der Waals surface area contributed by atoms with E-state index in [4.69, 9.17) is 0 Å². The number of benzene rings is 1. The molecule has 1 aromatic heterocycles. The van der Waals surface area contributed by atoms with Crippen LogP contribution in [0.2, 0.25) is 0 Å². The molecular formula is C21H33N3O. The van der Waals surface area contributed by atoms with Gasteiger partial charge in [-0.2, -0.15) is 0 Å². The minimum atomic E-state index is -0.131. The van der Waals surface area contributed by atoms with E-state index >= 15 is 0 Å². The average Bonchev–Trinajstić information content (AvgIpc) is 2.91. The average molecular weight is 344 g/mol. The first-order valence-electron chi connectivity index (χ1n) is 8.93. The summed E-state index contributed by atoms with van der Waals surface area (Å²) < 4.78 is 3.93. The predicted molar refractivity (Wildman–Crippen MR) is 102 cm³/mol. The Morgan fingerprint density at radius 2 is 1.72 bits per heavy atom. The number of phenolic OH excluding ortho intramolecular Hbond substituents is 1. The first-order valence-corrected chi connectivity index (χ1v) is 8.93. The minimum Gasteiger partial charge on any atom is -0.513 e. The zero-order chi connectivity index (χ0) is 19.0. The van der Waals surface area contributed by atoms with Crippen molar-refractivity contribution in [1.29, 1.82) is 0 Å². The van der Waals surface area contributed by atoms with Crippen molar-refractivity contribution in [3.05, 3.63) is 42.0 Å². The third-order valence-corrected chi connectivity index (χ3v) is 4.44. The largest absolute Gasteiger partial charge is 0.513 e. The molecule has 0 unspecified atom stereocenters. The van der Waals surface area contributed by atoms with Crippen molar-refractivity contribution in [3.63, 3.8) is 0 Å². The molecule has 0 aliphatic carbocycles. The van der Waals surface area contributed by atoms with Gasteiger partial charge in [-0.1, -0.05) is 53.7 Å². The molecule has 0 fully saturated rings. The lowest BCUT2D eigenvalue weighted by atomic mass is 9.79. The lowest BCUT2D eigenvalue weighted by molar-refractivity contribution is -0.699. The monoisotopic (exact) mass is 343 g/mol. The Morgan fingerprint density at radius 3 is 2.24 bits per heavy atom. The van der Waals surface area contributed by atoms with Crippen LogP contribution in [-0.4, -0.2) is 35.2 Å². The van der Waals surface area contributed by atoms with Gasteiger partial charge in [-0.15, -0.1) is 0 Å². The number of phenols is 1. The van der Waals surface area contributed by atoms with Crippen LogP contribution in [0, 0.1) is 6.33 Å². The standard InChI is InChI=1S/C21H33N3O/c1-20(2,3)16-13-17(21(4,5)6)19(25)18(14-16)24-12-11-23(15-24)10-9-22(7)8/h11-14,25H,9-10H2,1-8H3. The zero-order valence-electron chi connectivity index (χ0n) is 17.0. The topological polar surface area (TPSA) is 32.3 Å². The molecule has 0 amide bonds.